The monoisotopic (exact) mass is 387 g/mol. The van der Waals surface area contributed by atoms with Crippen molar-refractivity contribution in [3.8, 4) is 5.69 Å². The smallest absolute Gasteiger partial charge is 0.258 e. The van der Waals surface area contributed by atoms with Crippen molar-refractivity contribution in [2.24, 2.45) is 0 Å². The molecule has 1 N–H and O–H groups in total. The van der Waals surface area contributed by atoms with Crippen LogP contribution in [0.2, 0.25) is 0 Å². The maximum atomic E-state index is 12.7. The molecule has 0 fully saturated rings. The van der Waals surface area contributed by atoms with Gasteiger partial charge in [0.05, 0.1) is 15.5 Å². The second-order valence-corrected chi connectivity index (χ2v) is 7.61. The van der Waals surface area contributed by atoms with Crippen LogP contribution in [-0.4, -0.2) is 28.1 Å². The number of aromatic nitrogens is 3. The average Bonchev–Trinajstić information content (AvgIpc) is 3.16. The van der Waals surface area contributed by atoms with Crippen LogP contribution in [0.3, 0.4) is 0 Å². The minimum Gasteiger partial charge on any atom is -0.258 e. The number of rotatable bonds is 6. The molecule has 0 amide bonds. The Kier molecular flexibility index (Phi) is 5.02. The lowest BCUT2D eigenvalue weighted by molar-refractivity contribution is -0.385. The Morgan fingerprint density at radius 1 is 1.19 bits per heavy atom. The molecule has 0 aliphatic heterocycles. The van der Waals surface area contributed by atoms with E-state index in [-0.39, 0.29) is 16.1 Å². The van der Waals surface area contributed by atoms with Gasteiger partial charge in [-0.2, -0.15) is 5.10 Å². The maximum absolute atomic E-state index is 12.7. The van der Waals surface area contributed by atoms with Gasteiger partial charge < -0.3 is 0 Å². The van der Waals surface area contributed by atoms with Crippen molar-refractivity contribution >= 4 is 15.7 Å². The molecule has 0 spiro atoms. The fraction of sp³-hybridized carbons (Fsp3) is 0.176. The SMILES string of the molecule is Cc1c([N+](=O)[O-])cccc1S(=O)(=O)NC(C)c1ccc(-n2cncn2)cc1. The van der Waals surface area contributed by atoms with Crippen LogP contribution in [0, 0.1) is 17.0 Å². The number of hydrogen-bond donors (Lipinski definition) is 1. The Morgan fingerprint density at radius 3 is 2.48 bits per heavy atom. The van der Waals surface area contributed by atoms with Crippen LogP contribution in [-0.2, 0) is 10.0 Å². The van der Waals surface area contributed by atoms with Crippen LogP contribution in [0.25, 0.3) is 5.69 Å². The quantitative estimate of drug-likeness (QED) is 0.512. The summed E-state index contributed by atoms with van der Waals surface area (Å²) < 4.78 is 29.6. The molecule has 9 nitrogen and oxygen atoms in total. The first-order chi connectivity index (χ1) is 12.8. The molecule has 140 valence electrons. The second kappa shape index (κ2) is 7.25. The Hall–Kier alpha value is -3.11. The molecule has 1 aromatic heterocycles. The molecular weight excluding hydrogens is 370 g/mol. The first-order valence-corrected chi connectivity index (χ1v) is 9.49. The number of nitrogens with one attached hydrogen (secondary N) is 1. The molecule has 1 unspecified atom stereocenters. The Balaban J connectivity index is 1.84. The van der Waals surface area contributed by atoms with Crippen molar-refractivity contribution in [1.29, 1.82) is 0 Å². The minimum atomic E-state index is -3.93. The van der Waals surface area contributed by atoms with Gasteiger partial charge in [0.2, 0.25) is 10.0 Å². The van der Waals surface area contributed by atoms with Crippen molar-refractivity contribution < 1.29 is 13.3 Å². The summed E-state index contributed by atoms with van der Waals surface area (Å²) in [4.78, 5) is 14.2. The van der Waals surface area contributed by atoms with Crippen LogP contribution in [0.4, 0.5) is 5.69 Å². The summed E-state index contributed by atoms with van der Waals surface area (Å²) in [6.07, 6.45) is 2.98. The van der Waals surface area contributed by atoms with Gasteiger partial charge >= 0.3 is 0 Å². The Labute approximate surface area is 155 Å². The highest BCUT2D eigenvalue weighted by Crippen LogP contribution is 2.26. The van der Waals surface area contributed by atoms with Crippen molar-refractivity contribution in [2.75, 3.05) is 0 Å². The summed E-state index contributed by atoms with van der Waals surface area (Å²) in [7, 11) is -3.93. The van der Waals surface area contributed by atoms with Crippen molar-refractivity contribution in [1.82, 2.24) is 19.5 Å². The highest BCUT2D eigenvalue weighted by atomic mass is 32.2. The molecule has 0 aliphatic rings. The Bertz CT molecular complexity index is 1060. The third kappa shape index (κ3) is 3.86. The first kappa shape index (κ1) is 18.7. The van der Waals surface area contributed by atoms with Gasteiger partial charge in [-0.1, -0.05) is 18.2 Å². The topological polar surface area (TPSA) is 120 Å². The van der Waals surface area contributed by atoms with Crippen LogP contribution in [0.5, 0.6) is 0 Å². The summed E-state index contributed by atoms with van der Waals surface area (Å²) in [5.74, 6) is 0. The predicted octanol–water partition coefficient (Wildman–Crippen LogP) is 2.52. The molecule has 1 atom stereocenters. The van der Waals surface area contributed by atoms with Gasteiger partial charge in [-0.3, -0.25) is 10.1 Å². The molecular formula is C17H17N5O4S. The van der Waals surface area contributed by atoms with Crippen molar-refractivity contribution in [3.63, 3.8) is 0 Å². The fourth-order valence-corrected chi connectivity index (χ4v) is 4.21. The number of hydrogen-bond acceptors (Lipinski definition) is 6. The molecule has 1 heterocycles. The zero-order chi connectivity index (χ0) is 19.6. The van der Waals surface area contributed by atoms with E-state index in [1.165, 1.54) is 31.5 Å². The molecule has 2 aromatic carbocycles. The third-order valence-corrected chi connectivity index (χ3v) is 5.84. The minimum absolute atomic E-state index is 0.101. The average molecular weight is 387 g/mol. The summed E-state index contributed by atoms with van der Waals surface area (Å²) in [6, 6.07) is 10.6. The molecule has 0 saturated carbocycles. The maximum Gasteiger partial charge on any atom is 0.273 e. The van der Waals surface area contributed by atoms with Gasteiger partial charge in [0.15, 0.2) is 0 Å². The summed E-state index contributed by atoms with van der Waals surface area (Å²) in [5, 5.41) is 15.1. The molecule has 27 heavy (non-hydrogen) atoms. The molecule has 0 aliphatic carbocycles. The molecule has 3 aromatic rings. The van der Waals surface area contributed by atoms with Gasteiger partial charge in [-0.15, -0.1) is 0 Å². The molecule has 10 heteroatoms. The van der Waals surface area contributed by atoms with E-state index in [2.05, 4.69) is 14.8 Å². The van der Waals surface area contributed by atoms with Crippen LogP contribution < -0.4 is 4.72 Å². The standard InChI is InChI=1S/C17H17N5O4S/c1-12-16(22(23)24)4-3-5-17(12)27(25,26)20-13(2)14-6-8-15(9-7-14)21-11-18-10-19-21/h3-11,13,20H,1-2H3. The lowest BCUT2D eigenvalue weighted by Gasteiger charge is -2.16. The van der Waals surface area contributed by atoms with E-state index < -0.39 is 21.0 Å². The van der Waals surface area contributed by atoms with Gasteiger partial charge in [-0.25, -0.2) is 22.8 Å². The van der Waals surface area contributed by atoms with E-state index in [0.717, 1.165) is 11.3 Å². The van der Waals surface area contributed by atoms with Gasteiger partial charge in [0.1, 0.15) is 12.7 Å². The van der Waals surface area contributed by atoms with Crippen LogP contribution >= 0.6 is 0 Å². The van der Waals surface area contributed by atoms with Crippen molar-refractivity contribution in [2.45, 2.75) is 24.8 Å². The molecule has 0 saturated heterocycles. The normalized spacial score (nSPS) is 12.7. The molecule has 0 bridgehead atoms. The van der Waals surface area contributed by atoms with Crippen molar-refractivity contribution in [3.05, 3.63) is 76.4 Å². The lowest BCUT2D eigenvalue weighted by atomic mass is 10.1. The van der Waals surface area contributed by atoms with E-state index >= 15 is 0 Å². The first-order valence-electron chi connectivity index (χ1n) is 8.01. The predicted molar refractivity (Wildman–Crippen MR) is 97.9 cm³/mol. The number of nitro groups is 1. The largest absolute Gasteiger partial charge is 0.273 e. The molecule has 0 radical (unpaired) electrons. The fourth-order valence-electron chi connectivity index (χ4n) is 2.71. The van der Waals surface area contributed by atoms with Crippen LogP contribution in [0.1, 0.15) is 24.1 Å². The second-order valence-electron chi connectivity index (χ2n) is 5.93. The van der Waals surface area contributed by atoms with E-state index in [9.17, 15) is 18.5 Å². The lowest BCUT2D eigenvalue weighted by Crippen LogP contribution is -2.27. The van der Waals surface area contributed by atoms with E-state index in [1.54, 1.807) is 42.2 Å². The number of sulfonamides is 1. The highest BCUT2D eigenvalue weighted by molar-refractivity contribution is 7.89. The summed E-state index contributed by atoms with van der Waals surface area (Å²) in [6.45, 7) is 3.12. The van der Waals surface area contributed by atoms with Gasteiger partial charge in [0.25, 0.3) is 5.69 Å². The van der Waals surface area contributed by atoms with E-state index in [0.29, 0.717) is 0 Å². The number of benzene rings is 2. The number of nitrogens with zero attached hydrogens (tertiary/aromatic N) is 4. The summed E-state index contributed by atoms with van der Waals surface area (Å²) in [5.41, 5.74) is 1.40. The van der Waals surface area contributed by atoms with Gasteiger partial charge in [-0.05, 0) is 37.6 Å². The Morgan fingerprint density at radius 2 is 1.89 bits per heavy atom. The van der Waals surface area contributed by atoms with E-state index in [4.69, 9.17) is 0 Å². The van der Waals surface area contributed by atoms with Gasteiger partial charge in [0, 0.05) is 17.7 Å². The highest BCUT2D eigenvalue weighted by Gasteiger charge is 2.24. The zero-order valence-electron chi connectivity index (χ0n) is 14.6. The zero-order valence-corrected chi connectivity index (χ0v) is 15.4. The van der Waals surface area contributed by atoms with E-state index in [1.807, 2.05) is 0 Å². The summed E-state index contributed by atoms with van der Waals surface area (Å²) >= 11 is 0. The number of nitro benzene ring substituents is 1. The molecule has 3 rings (SSSR count). The third-order valence-electron chi connectivity index (χ3n) is 4.15. The van der Waals surface area contributed by atoms with Crippen LogP contribution in [0.15, 0.2) is 60.0 Å².